The summed E-state index contributed by atoms with van der Waals surface area (Å²) in [6, 6.07) is 5.27. The standard InChI is InChI=1S/C13H19NO4S/c1-9(19(3,15)16)13(14-2)10-4-5-11-12(8-10)18-7-6-17-11/h4-5,8-9,13-14H,6-7H2,1-3H3. The van der Waals surface area contributed by atoms with E-state index < -0.39 is 15.1 Å². The number of ether oxygens (including phenoxy) is 2. The van der Waals surface area contributed by atoms with Gasteiger partial charge < -0.3 is 14.8 Å². The van der Waals surface area contributed by atoms with Crippen LogP contribution in [0, 0.1) is 0 Å². The molecule has 19 heavy (non-hydrogen) atoms. The lowest BCUT2D eigenvalue weighted by molar-refractivity contribution is 0.171. The molecule has 1 aliphatic heterocycles. The van der Waals surface area contributed by atoms with Crippen molar-refractivity contribution in [1.29, 1.82) is 0 Å². The molecule has 1 aliphatic rings. The molecule has 5 nitrogen and oxygen atoms in total. The topological polar surface area (TPSA) is 64.6 Å². The molecule has 1 aromatic rings. The molecule has 1 heterocycles. The maximum atomic E-state index is 11.7. The first kappa shape index (κ1) is 14.1. The van der Waals surface area contributed by atoms with Gasteiger partial charge in [-0.2, -0.15) is 0 Å². The van der Waals surface area contributed by atoms with Crippen LogP contribution in [0.5, 0.6) is 11.5 Å². The molecule has 0 aromatic heterocycles. The number of benzene rings is 1. The second-order valence-electron chi connectivity index (χ2n) is 4.70. The van der Waals surface area contributed by atoms with Gasteiger partial charge in [0.25, 0.3) is 0 Å². The van der Waals surface area contributed by atoms with Gasteiger partial charge >= 0.3 is 0 Å². The third-order valence-corrected chi connectivity index (χ3v) is 5.00. The van der Waals surface area contributed by atoms with Crippen LogP contribution in [0.1, 0.15) is 18.5 Å². The van der Waals surface area contributed by atoms with Crippen LogP contribution < -0.4 is 14.8 Å². The van der Waals surface area contributed by atoms with Crippen molar-refractivity contribution in [3.63, 3.8) is 0 Å². The smallest absolute Gasteiger partial charge is 0.161 e. The Morgan fingerprint density at radius 3 is 2.42 bits per heavy atom. The summed E-state index contributed by atoms with van der Waals surface area (Å²) in [5.41, 5.74) is 0.879. The molecular weight excluding hydrogens is 266 g/mol. The Morgan fingerprint density at radius 2 is 1.84 bits per heavy atom. The number of sulfone groups is 1. The molecule has 6 heteroatoms. The molecule has 0 saturated carbocycles. The molecule has 0 aliphatic carbocycles. The second kappa shape index (κ2) is 5.38. The summed E-state index contributed by atoms with van der Waals surface area (Å²) in [6.45, 7) is 2.76. The highest BCUT2D eigenvalue weighted by Crippen LogP contribution is 2.34. The molecule has 1 N–H and O–H groups in total. The quantitative estimate of drug-likeness (QED) is 0.899. The normalized spacial score (nSPS) is 17.8. The Morgan fingerprint density at radius 1 is 1.21 bits per heavy atom. The minimum Gasteiger partial charge on any atom is -0.486 e. The lowest BCUT2D eigenvalue weighted by Crippen LogP contribution is -2.33. The minimum absolute atomic E-state index is 0.272. The zero-order valence-electron chi connectivity index (χ0n) is 11.3. The predicted octanol–water partition coefficient (Wildman–Crippen LogP) is 1.15. The molecule has 2 rings (SSSR count). The highest BCUT2D eigenvalue weighted by Gasteiger charge is 2.27. The van der Waals surface area contributed by atoms with Crippen molar-refractivity contribution in [2.45, 2.75) is 18.2 Å². The molecule has 0 fully saturated rings. The zero-order chi connectivity index (χ0) is 14.0. The summed E-state index contributed by atoms with van der Waals surface area (Å²) in [4.78, 5) is 0. The van der Waals surface area contributed by atoms with Crippen molar-refractivity contribution in [3.8, 4) is 11.5 Å². The van der Waals surface area contributed by atoms with Crippen molar-refractivity contribution in [2.24, 2.45) is 0 Å². The van der Waals surface area contributed by atoms with Crippen molar-refractivity contribution in [1.82, 2.24) is 5.32 Å². The SMILES string of the molecule is CNC(c1ccc2c(c1)OCCO2)C(C)S(C)(=O)=O. The van der Waals surface area contributed by atoms with E-state index in [2.05, 4.69) is 5.32 Å². The van der Waals surface area contributed by atoms with Crippen LogP contribution in [0.15, 0.2) is 18.2 Å². The van der Waals surface area contributed by atoms with Crippen molar-refractivity contribution < 1.29 is 17.9 Å². The van der Waals surface area contributed by atoms with Crippen LogP contribution in [0.4, 0.5) is 0 Å². The predicted molar refractivity (Wildman–Crippen MR) is 73.5 cm³/mol. The van der Waals surface area contributed by atoms with E-state index in [-0.39, 0.29) is 6.04 Å². The Bertz CT molecular complexity index is 556. The number of rotatable bonds is 4. The van der Waals surface area contributed by atoms with Gasteiger partial charge in [0.15, 0.2) is 21.3 Å². The molecule has 0 spiro atoms. The molecule has 2 unspecified atom stereocenters. The van der Waals surface area contributed by atoms with Crippen LogP contribution >= 0.6 is 0 Å². The zero-order valence-corrected chi connectivity index (χ0v) is 12.2. The van der Waals surface area contributed by atoms with Crippen LogP contribution in [-0.4, -0.2) is 40.2 Å². The summed E-state index contributed by atoms with van der Waals surface area (Å²) >= 11 is 0. The molecule has 2 atom stereocenters. The van der Waals surface area contributed by atoms with E-state index in [0.717, 1.165) is 5.56 Å². The van der Waals surface area contributed by atoms with Gasteiger partial charge in [-0.1, -0.05) is 6.07 Å². The van der Waals surface area contributed by atoms with Gasteiger partial charge in [0.05, 0.1) is 5.25 Å². The van der Waals surface area contributed by atoms with E-state index >= 15 is 0 Å². The van der Waals surface area contributed by atoms with Crippen LogP contribution in [0.2, 0.25) is 0 Å². The third kappa shape index (κ3) is 3.01. The van der Waals surface area contributed by atoms with E-state index in [9.17, 15) is 8.42 Å². The molecule has 106 valence electrons. The van der Waals surface area contributed by atoms with E-state index in [4.69, 9.17) is 9.47 Å². The van der Waals surface area contributed by atoms with E-state index in [1.165, 1.54) is 6.26 Å². The van der Waals surface area contributed by atoms with E-state index in [1.54, 1.807) is 14.0 Å². The summed E-state index contributed by atoms with van der Waals surface area (Å²) in [5, 5.41) is 2.54. The van der Waals surface area contributed by atoms with Crippen molar-refractivity contribution in [2.75, 3.05) is 26.5 Å². The Labute approximate surface area is 113 Å². The number of hydrogen-bond donors (Lipinski definition) is 1. The van der Waals surface area contributed by atoms with Gasteiger partial charge in [-0.15, -0.1) is 0 Å². The first-order chi connectivity index (χ1) is 8.93. The van der Waals surface area contributed by atoms with Gasteiger partial charge in [-0.05, 0) is 31.7 Å². The highest BCUT2D eigenvalue weighted by molar-refractivity contribution is 7.91. The first-order valence-electron chi connectivity index (χ1n) is 6.19. The Kier molecular flexibility index (Phi) is 4.01. The average Bonchev–Trinajstić information content (AvgIpc) is 2.38. The first-order valence-corrected chi connectivity index (χ1v) is 8.14. The highest BCUT2D eigenvalue weighted by atomic mass is 32.2. The monoisotopic (exact) mass is 285 g/mol. The summed E-state index contributed by atoms with van der Waals surface area (Å²) < 4.78 is 34.4. The maximum Gasteiger partial charge on any atom is 0.161 e. The lowest BCUT2D eigenvalue weighted by atomic mass is 10.0. The Hall–Kier alpha value is -1.27. The van der Waals surface area contributed by atoms with Gasteiger partial charge in [0.2, 0.25) is 0 Å². The summed E-state index contributed by atoms with van der Waals surface area (Å²) in [7, 11) is -1.37. The average molecular weight is 285 g/mol. The van der Waals surface area contributed by atoms with Gasteiger partial charge in [0, 0.05) is 12.3 Å². The molecule has 1 aromatic carbocycles. The van der Waals surface area contributed by atoms with Gasteiger partial charge in [-0.25, -0.2) is 8.42 Å². The largest absolute Gasteiger partial charge is 0.486 e. The van der Waals surface area contributed by atoms with Gasteiger partial charge in [0.1, 0.15) is 13.2 Å². The fourth-order valence-corrected chi connectivity index (χ4v) is 2.96. The molecular formula is C13H19NO4S. The van der Waals surface area contributed by atoms with Crippen LogP contribution in [0.25, 0.3) is 0 Å². The maximum absolute atomic E-state index is 11.7. The third-order valence-electron chi connectivity index (χ3n) is 3.38. The minimum atomic E-state index is -3.12. The lowest BCUT2D eigenvalue weighted by Gasteiger charge is -2.25. The van der Waals surface area contributed by atoms with Gasteiger partial charge in [-0.3, -0.25) is 0 Å². The van der Waals surface area contributed by atoms with E-state index in [1.807, 2.05) is 18.2 Å². The van der Waals surface area contributed by atoms with Crippen LogP contribution in [0.3, 0.4) is 0 Å². The van der Waals surface area contributed by atoms with Crippen molar-refractivity contribution >= 4 is 9.84 Å². The summed E-state index contributed by atoms with van der Waals surface area (Å²) in [5.74, 6) is 1.38. The molecule has 0 bridgehead atoms. The number of nitrogens with one attached hydrogen (secondary N) is 1. The molecule has 0 radical (unpaired) electrons. The van der Waals surface area contributed by atoms with E-state index in [0.29, 0.717) is 24.7 Å². The Balaban J connectivity index is 2.34. The summed E-state index contributed by atoms with van der Waals surface area (Å²) in [6.07, 6.45) is 1.25. The second-order valence-corrected chi connectivity index (χ2v) is 7.11. The van der Waals surface area contributed by atoms with Crippen LogP contribution in [-0.2, 0) is 9.84 Å². The molecule has 0 amide bonds. The number of hydrogen-bond acceptors (Lipinski definition) is 5. The fourth-order valence-electron chi connectivity index (χ4n) is 2.17. The molecule has 0 saturated heterocycles. The number of fused-ring (bicyclic) bond motifs is 1. The van der Waals surface area contributed by atoms with Crippen molar-refractivity contribution in [3.05, 3.63) is 23.8 Å². The fraction of sp³-hybridized carbons (Fsp3) is 0.538.